The van der Waals surface area contributed by atoms with Gasteiger partial charge in [-0.05, 0) is 68.3 Å². The van der Waals surface area contributed by atoms with E-state index in [0.29, 0.717) is 31.3 Å². The maximum atomic E-state index is 13.8. The van der Waals surface area contributed by atoms with Crippen molar-refractivity contribution in [2.24, 2.45) is 12.0 Å². The summed E-state index contributed by atoms with van der Waals surface area (Å²) in [4.78, 5) is 32.6. The molecule has 182 valence electrons. The predicted molar refractivity (Wildman–Crippen MR) is 145 cm³/mol. The Morgan fingerprint density at radius 3 is 2.42 bits per heavy atom. The van der Waals surface area contributed by atoms with Crippen molar-refractivity contribution in [1.29, 1.82) is 0 Å². The largest absolute Gasteiger partial charge is 0.352 e. The molecular formula is C28H25ClN4O2S. The Hall–Kier alpha value is -3.68. The maximum Gasteiger partial charge on any atom is 0.271 e. The van der Waals surface area contributed by atoms with Gasteiger partial charge in [0.1, 0.15) is 0 Å². The number of nitrogens with one attached hydrogen (secondary N) is 1. The molecule has 4 aromatic rings. The molecule has 0 bridgehead atoms. The predicted octanol–water partition coefficient (Wildman–Crippen LogP) is 4.48. The third-order valence-electron chi connectivity index (χ3n) is 6.58. The highest BCUT2D eigenvalue weighted by Crippen LogP contribution is 2.31. The van der Waals surface area contributed by atoms with Crippen LogP contribution >= 0.6 is 22.9 Å². The van der Waals surface area contributed by atoms with Crippen molar-refractivity contribution >= 4 is 40.6 Å². The number of hydrogen-bond acceptors (Lipinski definition) is 4. The van der Waals surface area contributed by atoms with E-state index in [9.17, 15) is 9.59 Å². The number of halogens is 1. The van der Waals surface area contributed by atoms with E-state index >= 15 is 0 Å². The number of hydrogen-bond donors (Lipinski definition) is 1. The van der Waals surface area contributed by atoms with Crippen LogP contribution in [0.5, 0.6) is 0 Å². The zero-order valence-corrected chi connectivity index (χ0v) is 21.9. The number of aryl methyl sites for hydroxylation is 1. The quantitative estimate of drug-likeness (QED) is 0.434. The smallest absolute Gasteiger partial charge is 0.271 e. The summed E-state index contributed by atoms with van der Waals surface area (Å²) in [5.74, 6) is -0.300. The zero-order chi connectivity index (χ0) is 25.6. The first kappa shape index (κ1) is 24.0. The second-order valence-corrected chi connectivity index (χ2v) is 10.3. The number of anilines is 1. The summed E-state index contributed by atoms with van der Waals surface area (Å²) in [6.45, 7) is 5.88. The van der Waals surface area contributed by atoms with Crippen molar-refractivity contribution in [2.75, 3.05) is 5.32 Å². The Morgan fingerprint density at radius 2 is 1.78 bits per heavy atom. The summed E-state index contributed by atoms with van der Waals surface area (Å²) in [5, 5.41) is 3.54. The summed E-state index contributed by atoms with van der Waals surface area (Å²) in [6, 6.07) is 17.9. The lowest BCUT2D eigenvalue weighted by Gasteiger charge is -2.25. The molecule has 8 heteroatoms. The van der Waals surface area contributed by atoms with Gasteiger partial charge in [0.15, 0.2) is 4.80 Å². The second kappa shape index (κ2) is 9.41. The molecule has 0 unspecified atom stereocenters. The number of aromatic nitrogens is 2. The van der Waals surface area contributed by atoms with E-state index in [2.05, 4.69) is 16.0 Å². The zero-order valence-electron chi connectivity index (χ0n) is 20.4. The van der Waals surface area contributed by atoms with Gasteiger partial charge in [0.05, 0.1) is 21.8 Å². The lowest BCUT2D eigenvalue weighted by atomic mass is 9.95. The first-order chi connectivity index (χ1) is 17.2. The first-order valence-corrected chi connectivity index (χ1v) is 12.7. The van der Waals surface area contributed by atoms with E-state index in [1.807, 2.05) is 76.4 Å². The number of fused-ring (bicyclic) bond motifs is 1. The SMILES string of the molecule is CC1=C(C(=O)Nc2ccccc2)[C@H](c2ccc(Cl)cc2)n2c(s/c(=C/c3cc(C)n(C)c3C)c2=O)=N1. The molecule has 0 radical (unpaired) electrons. The molecular weight excluding hydrogens is 492 g/mol. The molecule has 0 saturated carbocycles. The van der Waals surface area contributed by atoms with Gasteiger partial charge < -0.3 is 9.88 Å². The molecule has 1 aliphatic heterocycles. The molecule has 1 aliphatic rings. The van der Waals surface area contributed by atoms with Gasteiger partial charge in [-0.3, -0.25) is 14.2 Å². The standard InChI is InChI=1S/C28H25ClN4O2S/c1-16-14-20(18(3)32(16)4)15-23-27(35)33-25(19-10-12-21(29)13-11-19)24(17(2)30-28(33)36-23)26(34)31-22-8-6-5-7-9-22/h5-15,25H,1-4H3,(H,31,34)/b23-15+/t25-/m0/s1. The molecule has 6 nitrogen and oxygen atoms in total. The highest BCUT2D eigenvalue weighted by atomic mass is 35.5. The van der Waals surface area contributed by atoms with Gasteiger partial charge in [0, 0.05) is 29.1 Å². The Morgan fingerprint density at radius 1 is 1.08 bits per heavy atom. The van der Waals surface area contributed by atoms with E-state index in [1.165, 1.54) is 11.3 Å². The molecule has 2 aromatic carbocycles. The van der Waals surface area contributed by atoms with Crippen molar-refractivity contribution in [3.8, 4) is 0 Å². The monoisotopic (exact) mass is 516 g/mol. The Balaban J connectivity index is 1.69. The molecule has 2 aromatic heterocycles. The highest BCUT2D eigenvalue weighted by molar-refractivity contribution is 7.07. The van der Waals surface area contributed by atoms with E-state index in [-0.39, 0.29) is 11.5 Å². The van der Waals surface area contributed by atoms with Gasteiger partial charge in [-0.15, -0.1) is 0 Å². The molecule has 0 fully saturated rings. The molecule has 0 saturated heterocycles. The molecule has 1 amide bonds. The van der Waals surface area contributed by atoms with Gasteiger partial charge in [0.25, 0.3) is 11.5 Å². The third kappa shape index (κ3) is 4.25. The molecule has 3 heterocycles. The molecule has 1 atom stereocenters. The number of thiazole rings is 1. The van der Waals surface area contributed by atoms with Gasteiger partial charge in [-0.2, -0.15) is 0 Å². The van der Waals surface area contributed by atoms with Crippen molar-refractivity contribution in [1.82, 2.24) is 9.13 Å². The fourth-order valence-electron chi connectivity index (χ4n) is 4.46. The number of amides is 1. The van der Waals surface area contributed by atoms with Crippen molar-refractivity contribution < 1.29 is 4.79 Å². The van der Waals surface area contributed by atoms with Crippen LogP contribution in [0.15, 0.2) is 81.7 Å². The van der Waals surface area contributed by atoms with Gasteiger partial charge in [-0.25, -0.2) is 4.99 Å². The summed E-state index contributed by atoms with van der Waals surface area (Å²) >= 11 is 7.49. The maximum absolute atomic E-state index is 13.8. The van der Waals surface area contributed by atoms with E-state index < -0.39 is 6.04 Å². The fraction of sp³-hybridized carbons (Fsp3) is 0.179. The van der Waals surface area contributed by atoms with E-state index in [4.69, 9.17) is 16.6 Å². The minimum atomic E-state index is -0.636. The number of para-hydroxylation sites is 1. The van der Waals surface area contributed by atoms with Crippen LogP contribution in [-0.2, 0) is 11.8 Å². The van der Waals surface area contributed by atoms with Crippen LogP contribution < -0.4 is 20.2 Å². The molecule has 0 aliphatic carbocycles. The third-order valence-corrected chi connectivity index (χ3v) is 7.82. The summed E-state index contributed by atoms with van der Waals surface area (Å²) in [7, 11) is 2.01. The lowest BCUT2D eigenvalue weighted by molar-refractivity contribution is -0.113. The van der Waals surface area contributed by atoms with Crippen molar-refractivity contribution in [3.05, 3.63) is 119 Å². The summed E-state index contributed by atoms with van der Waals surface area (Å²) in [5.41, 5.74) is 5.44. The number of carbonyl (C=O) groups excluding carboxylic acids is 1. The van der Waals surface area contributed by atoms with E-state index in [0.717, 1.165) is 22.5 Å². The molecule has 1 N–H and O–H groups in total. The number of carbonyl (C=O) groups is 1. The van der Waals surface area contributed by atoms with Crippen molar-refractivity contribution in [3.63, 3.8) is 0 Å². The van der Waals surface area contributed by atoms with Crippen LogP contribution in [0.4, 0.5) is 5.69 Å². The van der Waals surface area contributed by atoms with Gasteiger partial charge >= 0.3 is 0 Å². The average molecular weight is 517 g/mol. The number of rotatable bonds is 4. The Labute approximate surface area is 217 Å². The minimum absolute atomic E-state index is 0.183. The average Bonchev–Trinajstić information content (AvgIpc) is 3.29. The Kier molecular flexibility index (Phi) is 6.28. The lowest BCUT2D eigenvalue weighted by Crippen LogP contribution is -2.40. The van der Waals surface area contributed by atoms with Gasteiger partial charge in [0.2, 0.25) is 0 Å². The summed E-state index contributed by atoms with van der Waals surface area (Å²) in [6.07, 6.45) is 1.91. The molecule has 5 rings (SSSR count). The van der Waals surface area contributed by atoms with E-state index in [1.54, 1.807) is 16.7 Å². The van der Waals surface area contributed by atoms with Crippen LogP contribution in [0.3, 0.4) is 0 Å². The van der Waals surface area contributed by atoms with Crippen LogP contribution in [0, 0.1) is 13.8 Å². The number of benzene rings is 2. The molecule has 36 heavy (non-hydrogen) atoms. The number of nitrogens with zero attached hydrogens (tertiary/aromatic N) is 3. The van der Waals surface area contributed by atoms with Crippen LogP contribution in [0.25, 0.3) is 6.08 Å². The van der Waals surface area contributed by atoms with Crippen LogP contribution in [0.2, 0.25) is 5.02 Å². The minimum Gasteiger partial charge on any atom is -0.352 e. The second-order valence-electron chi connectivity index (χ2n) is 8.84. The highest BCUT2D eigenvalue weighted by Gasteiger charge is 2.32. The van der Waals surface area contributed by atoms with Crippen LogP contribution in [0.1, 0.15) is 35.5 Å². The number of allylic oxidation sites excluding steroid dienone is 1. The van der Waals surface area contributed by atoms with Gasteiger partial charge in [-0.1, -0.05) is 53.3 Å². The van der Waals surface area contributed by atoms with Crippen molar-refractivity contribution in [2.45, 2.75) is 26.8 Å². The Bertz CT molecular complexity index is 1690. The normalized spacial score (nSPS) is 15.6. The van der Waals surface area contributed by atoms with Crippen LogP contribution in [-0.4, -0.2) is 15.0 Å². The topological polar surface area (TPSA) is 68.4 Å². The fourth-order valence-corrected chi connectivity index (χ4v) is 5.63. The first-order valence-electron chi connectivity index (χ1n) is 11.5. The molecule has 0 spiro atoms. The summed E-state index contributed by atoms with van der Waals surface area (Å²) < 4.78 is 4.28.